The number of nitrogens with zero attached hydrogens (tertiary/aromatic N) is 3. The van der Waals surface area contributed by atoms with Gasteiger partial charge in [-0.1, -0.05) is 30.3 Å². The number of fused-ring (bicyclic) bond motifs is 1. The van der Waals surface area contributed by atoms with Crippen molar-refractivity contribution >= 4 is 22.8 Å². The van der Waals surface area contributed by atoms with Gasteiger partial charge in [0.15, 0.2) is 0 Å². The molecule has 5 rings (SSSR count). The fourth-order valence-corrected chi connectivity index (χ4v) is 4.36. The van der Waals surface area contributed by atoms with Crippen LogP contribution in [0.25, 0.3) is 16.6 Å². The smallest absolute Gasteiger partial charge is 0.267 e. The molecular formula is C27H25FN4O2. The number of amides is 1. The Balaban J connectivity index is 1.54. The zero-order valence-electron chi connectivity index (χ0n) is 18.9. The van der Waals surface area contributed by atoms with E-state index in [1.807, 2.05) is 31.2 Å². The van der Waals surface area contributed by atoms with Gasteiger partial charge in [-0.05, 0) is 61.7 Å². The predicted molar refractivity (Wildman–Crippen MR) is 131 cm³/mol. The van der Waals surface area contributed by atoms with Crippen LogP contribution in [-0.2, 0) is 6.54 Å². The van der Waals surface area contributed by atoms with Gasteiger partial charge < -0.3 is 10.2 Å². The highest BCUT2D eigenvalue weighted by Crippen LogP contribution is 2.24. The Kier molecular flexibility index (Phi) is 5.84. The maximum absolute atomic E-state index is 13.9. The van der Waals surface area contributed by atoms with Crippen LogP contribution >= 0.6 is 0 Å². The fourth-order valence-electron chi connectivity index (χ4n) is 4.36. The van der Waals surface area contributed by atoms with Gasteiger partial charge in [0, 0.05) is 30.8 Å². The van der Waals surface area contributed by atoms with E-state index in [1.165, 1.54) is 6.07 Å². The van der Waals surface area contributed by atoms with Gasteiger partial charge in [-0.2, -0.15) is 0 Å². The molecule has 0 radical (unpaired) electrons. The molecule has 6 nitrogen and oxygen atoms in total. The summed E-state index contributed by atoms with van der Waals surface area (Å²) in [5.74, 6) is -0.128. The van der Waals surface area contributed by atoms with Crippen molar-refractivity contribution in [2.75, 3.05) is 18.0 Å². The molecule has 0 bridgehead atoms. The van der Waals surface area contributed by atoms with E-state index in [-0.39, 0.29) is 23.8 Å². The van der Waals surface area contributed by atoms with Crippen molar-refractivity contribution in [2.45, 2.75) is 26.3 Å². The molecule has 1 fully saturated rings. The van der Waals surface area contributed by atoms with Gasteiger partial charge in [-0.3, -0.25) is 9.59 Å². The first-order valence-corrected chi connectivity index (χ1v) is 11.4. The third-order valence-electron chi connectivity index (χ3n) is 6.16. The number of benzene rings is 3. The molecule has 172 valence electrons. The highest BCUT2D eigenvalue weighted by atomic mass is 19.1. The summed E-state index contributed by atoms with van der Waals surface area (Å²) in [5.41, 5.74) is 2.90. The minimum atomic E-state index is -0.366. The Morgan fingerprint density at radius 2 is 1.82 bits per heavy atom. The van der Waals surface area contributed by atoms with Crippen molar-refractivity contribution in [1.29, 1.82) is 0 Å². The maximum atomic E-state index is 13.9. The molecule has 1 saturated heterocycles. The van der Waals surface area contributed by atoms with Gasteiger partial charge in [0.2, 0.25) is 5.95 Å². The van der Waals surface area contributed by atoms with Crippen molar-refractivity contribution < 1.29 is 9.18 Å². The molecule has 0 atom stereocenters. The number of aromatic nitrogens is 2. The van der Waals surface area contributed by atoms with E-state index in [0.29, 0.717) is 28.0 Å². The Labute approximate surface area is 196 Å². The largest absolute Gasteiger partial charge is 0.348 e. The molecule has 3 aromatic carbocycles. The van der Waals surface area contributed by atoms with E-state index < -0.39 is 0 Å². The van der Waals surface area contributed by atoms with E-state index in [4.69, 9.17) is 4.98 Å². The third-order valence-corrected chi connectivity index (χ3v) is 6.16. The third kappa shape index (κ3) is 4.17. The van der Waals surface area contributed by atoms with Crippen LogP contribution in [0.5, 0.6) is 0 Å². The van der Waals surface area contributed by atoms with Gasteiger partial charge in [-0.15, -0.1) is 0 Å². The lowest BCUT2D eigenvalue weighted by atomic mass is 10.1. The molecule has 0 aliphatic carbocycles. The van der Waals surface area contributed by atoms with E-state index in [2.05, 4.69) is 10.2 Å². The number of rotatable bonds is 5. The summed E-state index contributed by atoms with van der Waals surface area (Å²) in [4.78, 5) is 33.3. The average Bonchev–Trinajstić information content (AvgIpc) is 3.38. The van der Waals surface area contributed by atoms with Crippen LogP contribution < -0.4 is 15.8 Å². The summed E-state index contributed by atoms with van der Waals surface area (Å²) < 4.78 is 15.6. The number of aryl methyl sites for hydroxylation is 1. The average molecular weight is 457 g/mol. The maximum Gasteiger partial charge on any atom is 0.267 e. The second-order valence-corrected chi connectivity index (χ2v) is 8.59. The quantitative estimate of drug-likeness (QED) is 0.485. The van der Waals surface area contributed by atoms with Crippen molar-refractivity contribution in [3.05, 3.63) is 99.6 Å². The van der Waals surface area contributed by atoms with Crippen LogP contribution in [0.2, 0.25) is 0 Å². The highest BCUT2D eigenvalue weighted by molar-refractivity contribution is 5.97. The zero-order valence-corrected chi connectivity index (χ0v) is 18.9. The molecule has 2 heterocycles. The van der Waals surface area contributed by atoms with E-state index in [9.17, 15) is 14.0 Å². The number of carbonyl (C=O) groups is 1. The van der Waals surface area contributed by atoms with Crippen LogP contribution in [0.15, 0.2) is 71.5 Å². The number of hydrogen-bond donors (Lipinski definition) is 1. The van der Waals surface area contributed by atoms with Crippen LogP contribution in [-0.4, -0.2) is 28.5 Å². The zero-order chi connectivity index (χ0) is 23.7. The van der Waals surface area contributed by atoms with Gasteiger partial charge in [0.25, 0.3) is 11.5 Å². The molecule has 34 heavy (non-hydrogen) atoms. The summed E-state index contributed by atoms with van der Waals surface area (Å²) in [6.07, 6.45) is 2.08. The Morgan fingerprint density at radius 1 is 1.03 bits per heavy atom. The van der Waals surface area contributed by atoms with Crippen LogP contribution in [0.4, 0.5) is 10.3 Å². The Morgan fingerprint density at radius 3 is 2.59 bits per heavy atom. The number of anilines is 1. The highest BCUT2D eigenvalue weighted by Gasteiger charge is 2.22. The summed E-state index contributed by atoms with van der Waals surface area (Å²) in [6.45, 7) is 3.72. The van der Waals surface area contributed by atoms with Crippen LogP contribution in [0.3, 0.4) is 0 Å². The van der Waals surface area contributed by atoms with E-state index >= 15 is 0 Å². The topological polar surface area (TPSA) is 67.2 Å². The summed E-state index contributed by atoms with van der Waals surface area (Å²) >= 11 is 0. The molecule has 1 aliphatic rings. The van der Waals surface area contributed by atoms with Gasteiger partial charge in [-0.25, -0.2) is 13.9 Å². The molecule has 1 aromatic heterocycles. The van der Waals surface area contributed by atoms with Crippen LogP contribution in [0.1, 0.15) is 34.3 Å². The van der Waals surface area contributed by atoms with E-state index in [1.54, 1.807) is 41.0 Å². The molecule has 0 saturated carbocycles. The second-order valence-electron chi connectivity index (χ2n) is 8.59. The number of hydrogen-bond acceptors (Lipinski definition) is 4. The lowest BCUT2D eigenvalue weighted by molar-refractivity contribution is 0.0950. The minimum Gasteiger partial charge on any atom is -0.348 e. The lowest BCUT2D eigenvalue weighted by Gasteiger charge is -2.22. The number of nitrogens with one attached hydrogen (secondary N) is 1. The standard InChI is InChI=1S/C27H25FN4O2/c1-18-7-6-9-21(15-18)32-26(34)22-12-11-19(16-24(22)30-27(32)31-13-4-5-14-31)25(33)29-17-20-8-2-3-10-23(20)28/h2-3,6-12,15-16H,4-5,13-14,17H2,1H3,(H,29,33). The summed E-state index contributed by atoms with van der Waals surface area (Å²) in [5, 5.41) is 3.19. The number of halogens is 1. The fraction of sp³-hybridized carbons (Fsp3) is 0.222. The molecule has 1 amide bonds. The Hall–Kier alpha value is -4.00. The Bertz CT molecular complexity index is 1440. The summed E-state index contributed by atoms with van der Waals surface area (Å²) in [7, 11) is 0. The van der Waals surface area contributed by atoms with Crippen molar-refractivity contribution in [2.24, 2.45) is 0 Å². The SMILES string of the molecule is Cc1cccc(-n2c(N3CCCC3)nc3cc(C(=O)NCc4ccccc4F)ccc3c2=O)c1. The van der Waals surface area contributed by atoms with Gasteiger partial charge >= 0.3 is 0 Å². The number of carbonyl (C=O) groups excluding carboxylic acids is 1. The molecular weight excluding hydrogens is 431 g/mol. The monoisotopic (exact) mass is 456 g/mol. The first kappa shape index (κ1) is 21.8. The van der Waals surface area contributed by atoms with Crippen molar-refractivity contribution in [1.82, 2.24) is 14.9 Å². The lowest BCUT2D eigenvalue weighted by Crippen LogP contribution is -2.30. The first-order valence-electron chi connectivity index (χ1n) is 11.4. The molecule has 7 heteroatoms. The van der Waals surface area contributed by atoms with Crippen molar-refractivity contribution in [3.63, 3.8) is 0 Å². The molecule has 0 spiro atoms. The molecule has 4 aromatic rings. The van der Waals surface area contributed by atoms with Crippen LogP contribution in [0, 0.1) is 12.7 Å². The normalized spacial score (nSPS) is 13.4. The minimum absolute atomic E-state index is 0.0744. The molecule has 1 aliphatic heterocycles. The second kappa shape index (κ2) is 9.09. The molecule has 0 unspecified atom stereocenters. The van der Waals surface area contributed by atoms with E-state index in [0.717, 1.165) is 37.2 Å². The van der Waals surface area contributed by atoms with Crippen molar-refractivity contribution in [3.8, 4) is 5.69 Å². The summed E-state index contributed by atoms with van der Waals surface area (Å²) in [6, 6.07) is 19.0. The molecule has 1 N–H and O–H groups in total. The first-order chi connectivity index (χ1) is 16.5. The predicted octanol–water partition coefficient (Wildman–Crippen LogP) is 4.36. The van der Waals surface area contributed by atoms with Gasteiger partial charge in [0.05, 0.1) is 16.6 Å². The van der Waals surface area contributed by atoms with Gasteiger partial charge in [0.1, 0.15) is 5.82 Å².